The van der Waals surface area contributed by atoms with Crippen LogP contribution in [0.1, 0.15) is 5.56 Å². The SMILES string of the molecule is COc1ccc(OC)c(OC)c1CCN1CCNCC1. The highest BCUT2D eigenvalue weighted by Crippen LogP contribution is 2.37. The normalized spacial score (nSPS) is 15.9. The summed E-state index contributed by atoms with van der Waals surface area (Å²) in [5.74, 6) is 2.39. The first-order valence-corrected chi connectivity index (χ1v) is 7.01. The van der Waals surface area contributed by atoms with E-state index in [-0.39, 0.29) is 0 Å². The van der Waals surface area contributed by atoms with E-state index >= 15 is 0 Å². The molecule has 1 saturated heterocycles. The number of ether oxygens (including phenoxy) is 3. The van der Waals surface area contributed by atoms with Crippen LogP contribution in [0.4, 0.5) is 0 Å². The van der Waals surface area contributed by atoms with Gasteiger partial charge in [-0.3, -0.25) is 0 Å². The highest BCUT2D eigenvalue weighted by molar-refractivity contribution is 5.54. The van der Waals surface area contributed by atoms with Crippen LogP contribution in [0.15, 0.2) is 12.1 Å². The molecular weight excluding hydrogens is 256 g/mol. The molecular formula is C15H24N2O3. The summed E-state index contributed by atoms with van der Waals surface area (Å²) in [5.41, 5.74) is 1.08. The Morgan fingerprint density at radius 2 is 1.65 bits per heavy atom. The van der Waals surface area contributed by atoms with E-state index in [1.165, 1.54) is 0 Å². The van der Waals surface area contributed by atoms with E-state index in [2.05, 4.69) is 10.2 Å². The molecule has 112 valence electrons. The third-order valence-electron chi connectivity index (χ3n) is 3.71. The molecule has 5 heteroatoms. The molecule has 0 spiro atoms. The first kappa shape index (κ1) is 14.9. The van der Waals surface area contributed by atoms with Crippen molar-refractivity contribution in [3.8, 4) is 17.2 Å². The van der Waals surface area contributed by atoms with Crippen LogP contribution in [-0.2, 0) is 6.42 Å². The second-order valence-corrected chi connectivity index (χ2v) is 4.82. The van der Waals surface area contributed by atoms with E-state index < -0.39 is 0 Å². The predicted molar refractivity (Wildman–Crippen MR) is 79.1 cm³/mol. The lowest BCUT2D eigenvalue weighted by molar-refractivity contribution is 0.241. The number of benzene rings is 1. The van der Waals surface area contributed by atoms with Crippen LogP contribution in [0.25, 0.3) is 0 Å². The minimum Gasteiger partial charge on any atom is -0.496 e. The van der Waals surface area contributed by atoms with Gasteiger partial charge < -0.3 is 24.4 Å². The Bertz CT molecular complexity index is 431. The van der Waals surface area contributed by atoms with Gasteiger partial charge in [-0.2, -0.15) is 0 Å². The molecule has 1 fully saturated rings. The molecule has 0 bridgehead atoms. The van der Waals surface area contributed by atoms with E-state index in [1.54, 1.807) is 21.3 Å². The van der Waals surface area contributed by atoms with Crippen molar-refractivity contribution < 1.29 is 14.2 Å². The highest BCUT2D eigenvalue weighted by atomic mass is 16.5. The van der Waals surface area contributed by atoms with Crippen molar-refractivity contribution in [3.05, 3.63) is 17.7 Å². The third-order valence-corrected chi connectivity index (χ3v) is 3.71. The minimum absolute atomic E-state index is 0.753. The number of hydrogen-bond acceptors (Lipinski definition) is 5. The van der Waals surface area contributed by atoms with Crippen molar-refractivity contribution in [2.75, 3.05) is 54.1 Å². The van der Waals surface area contributed by atoms with Gasteiger partial charge in [-0.1, -0.05) is 0 Å². The molecule has 1 aromatic rings. The molecule has 0 amide bonds. The largest absolute Gasteiger partial charge is 0.496 e. The van der Waals surface area contributed by atoms with Crippen LogP contribution in [0.2, 0.25) is 0 Å². The van der Waals surface area contributed by atoms with Crippen molar-refractivity contribution in [2.24, 2.45) is 0 Å². The van der Waals surface area contributed by atoms with Crippen molar-refractivity contribution in [3.63, 3.8) is 0 Å². The Kier molecular flexibility index (Phi) is 5.49. The summed E-state index contributed by atoms with van der Waals surface area (Å²) in [6.45, 7) is 5.31. The van der Waals surface area contributed by atoms with Gasteiger partial charge in [0.05, 0.1) is 21.3 Å². The van der Waals surface area contributed by atoms with Gasteiger partial charge in [-0.15, -0.1) is 0 Å². The zero-order chi connectivity index (χ0) is 14.4. The smallest absolute Gasteiger partial charge is 0.167 e. The first-order chi connectivity index (χ1) is 9.80. The van der Waals surface area contributed by atoms with Gasteiger partial charge in [-0.25, -0.2) is 0 Å². The standard InChI is InChI=1S/C15H24N2O3/c1-18-13-4-5-14(19-2)15(20-3)12(13)6-9-17-10-7-16-8-11-17/h4-5,16H,6-11H2,1-3H3. The first-order valence-electron chi connectivity index (χ1n) is 7.01. The number of rotatable bonds is 6. The lowest BCUT2D eigenvalue weighted by atomic mass is 10.1. The van der Waals surface area contributed by atoms with Gasteiger partial charge in [0.25, 0.3) is 0 Å². The summed E-state index contributed by atoms with van der Waals surface area (Å²) in [6.07, 6.45) is 0.892. The summed E-state index contributed by atoms with van der Waals surface area (Å²) in [5, 5.41) is 3.37. The van der Waals surface area contributed by atoms with Gasteiger partial charge >= 0.3 is 0 Å². The maximum Gasteiger partial charge on any atom is 0.167 e. The highest BCUT2D eigenvalue weighted by Gasteiger charge is 2.17. The molecule has 20 heavy (non-hydrogen) atoms. The molecule has 0 radical (unpaired) electrons. The lowest BCUT2D eigenvalue weighted by Gasteiger charge is -2.27. The number of hydrogen-bond donors (Lipinski definition) is 1. The summed E-state index contributed by atoms with van der Waals surface area (Å²) in [4.78, 5) is 2.45. The minimum atomic E-state index is 0.753. The number of nitrogens with one attached hydrogen (secondary N) is 1. The van der Waals surface area contributed by atoms with Crippen molar-refractivity contribution in [2.45, 2.75) is 6.42 Å². The van der Waals surface area contributed by atoms with Crippen LogP contribution in [0, 0.1) is 0 Å². The molecule has 1 N–H and O–H groups in total. The Balaban J connectivity index is 2.14. The molecule has 2 rings (SSSR count). The second kappa shape index (κ2) is 7.36. The molecule has 1 aromatic carbocycles. The Morgan fingerprint density at radius 3 is 2.25 bits per heavy atom. The Labute approximate surface area is 120 Å². The molecule has 5 nitrogen and oxygen atoms in total. The van der Waals surface area contributed by atoms with Gasteiger partial charge in [0.15, 0.2) is 11.5 Å². The molecule has 1 heterocycles. The van der Waals surface area contributed by atoms with Crippen molar-refractivity contribution >= 4 is 0 Å². The van der Waals surface area contributed by atoms with Crippen LogP contribution in [-0.4, -0.2) is 59.0 Å². The maximum atomic E-state index is 5.51. The number of piperazine rings is 1. The lowest BCUT2D eigenvalue weighted by Crippen LogP contribution is -2.44. The molecule has 0 aromatic heterocycles. The average Bonchev–Trinajstić information content (AvgIpc) is 2.52. The number of nitrogens with zero attached hydrogens (tertiary/aromatic N) is 1. The molecule has 0 aliphatic carbocycles. The topological polar surface area (TPSA) is 43.0 Å². The molecule has 0 saturated carbocycles. The summed E-state index contributed by atoms with van der Waals surface area (Å²) < 4.78 is 16.3. The summed E-state index contributed by atoms with van der Waals surface area (Å²) in [7, 11) is 5.02. The molecule has 0 atom stereocenters. The zero-order valence-corrected chi connectivity index (χ0v) is 12.6. The van der Waals surface area contributed by atoms with Crippen molar-refractivity contribution in [1.29, 1.82) is 0 Å². The fourth-order valence-corrected chi connectivity index (χ4v) is 2.61. The third kappa shape index (κ3) is 3.35. The molecule has 0 unspecified atom stereocenters. The second-order valence-electron chi connectivity index (χ2n) is 4.82. The predicted octanol–water partition coefficient (Wildman–Crippen LogP) is 1.16. The van der Waals surface area contributed by atoms with Gasteiger partial charge in [0, 0.05) is 38.3 Å². The average molecular weight is 280 g/mol. The van der Waals surface area contributed by atoms with Crippen LogP contribution < -0.4 is 19.5 Å². The van der Waals surface area contributed by atoms with Gasteiger partial charge in [0.2, 0.25) is 0 Å². The molecule has 1 aliphatic rings. The van der Waals surface area contributed by atoms with Crippen molar-refractivity contribution in [1.82, 2.24) is 10.2 Å². The van der Waals surface area contributed by atoms with Crippen LogP contribution in [0.5, 0.6) is 17.2 Å². The summed E-state index contributed by atoms with van der Waals surface area (Å²) in [6, 6.07) is 3.82. The van der Waals surface area contributed by atoms with E-state index in [9.17, 15) is 0 Å². The fraction of sp³-hybridized carbons (Fsp3) is 0.600. The van der Waals surface area contributed by atoms with Crippen LogP contribution in [0.3, 0.4) is 0 Å². The maximum absolute atomic E-state index is 5.51. The van der Waals surface area contributed by atoms with Gasteiger partial charge in [0.1, 0.15) is 5.75 Å². The van der Waals surface area contributed by atoms with E-state index in [0.717, 1.165) is 62.0 Å². The fourth-order valence-electron chi connectivity index (χ4n) is 2.61. The van der Waals surface area contributed by atoms with Gasteiger partial charge in [-0.05, 0) is 18.6 Å². The van der Waals surface area contributed by atoms with E-state index in [1.807, 2.05) is 12.1 Å². The zero-order valence-electron chi connectivity index (χ0n) is 12.6. The Morgan fingerprint density at radius 1 is 1.00 bits per heavy atom. The quantitative estimate of drug-likeness (QED) is 0.847. The van der Waals surface area contributed by atoms with E-state index in [0.29, 0.717) is 0 Å². The monoisotopic (exact) mass is 280 g/mol. The summed E-state index contributed by atoms with van der Waals surface area (Å²) >= 11 is 0. The van der Waals surface area contributed by atoms with E-state index in [4.69, 9.17) is 14.2 Å². The Hall–Kier alpha value is -1.46. The molecule has 1 aliphatic heterocycles. The van der Waals surface area contributed by atoms with Crippen LogP contribution >= 0.6 is 0 Å². The number of methoxy groups -OCH3 is 3.